The Morgan fingerprint density at radius 3 is 1.64 bits per heavy atom. The lowest BCUT2D eigenvalue weighted by atomic mass is 10.2. The molecule has 0 rings (SSSR count). The highest BCUT2D eigenvalue weighted by atomic mass is 15.4. The Balaban J connectivity index is 4.10. The van der Waals surface area contributed by atoms with Gasteiger partial charge in [-0.05, 0) is 17.8 Å². The molecule has 0 aromatic carbocycles. The summed E-state index contributed by atoms with van der Waals surface area (Å²) in [6, 6.07) is 0. The lowest BCUT2D eigenvalue weighted by molar-refractivity contribution is 0.229. The van der Waals surface area contributed by atoms with E-state index >= 15 is 0 Å². The molecule has 0 spiro atoms. The number of rotatable bonds is 6. The van der Waals surface area contributed by atoms with Crippen molar-refractivity contribution in [3.8, 4) is 0 Å². The molecule has 2 heteroatoms. The second-order valence-corrected chi connectivity index (χ2v) is 5.17. The quantitative estimate of drug-likeness (QED) is 0.472. The molecule has 0 amide bonds. The molecule has 0 saturated carbocycles. The SMILES string of the molecule is CC(C)C=NN(CC(C)C)CC(C)C. The van der Waals surface area contributed by atoms with Gasteiger partial charge in [0.25, 0.3) is 0 Å². The Labute approximate surface area is 89.4 Å². The fourth-order valence-electron chi connectivity index (χ4n) is 1.24. The van der Waals surface area contributed by atoms with E-state index in [1.165, 1.54) is 0 Å². The van der Waals surface area contributed by atoms with Crippen LogP contribution >= 0.6 is 0 Å². The smallest absolute Gasteiger partial charge is 0.0383 e. The van der Waals surface area contributed by atoms with Gasteiger partial charge in [0.1, 0.15) is 0 Å². The van der Waals surface area contributed by atoms with Gasteiger partial charge in [-0.1, -0.05) is 41.5 Å². The first-order valence-electron chi connectivity index (χ1n) is 5.70. The van der Waals surface area contributed by atoms with E-state index in [1.54, 1.807) is 0 Å². The maximum Gasteiger partial charge on any atom is 0.0383 e. The fraction of sp³-hybridized carbons (Fsp3) is 0.917. The normalized spacial score (nSPS) is 12.4. The van der Waals surface area contributed by atoms with Gasteiger partial charge in [-0.3, -0.25) is 5.01 Å². The Hall–Kier alpha value is -0.530. The maximum absolute atomic E-state index is 4.51. The standard InChI is InChI=1S/C12H26N2/c1-10(2)7-13-14(8-11(3)4)9-12(5)6/h7,10-12H,8-9H2,1-6H3. The van der Waals surface area contributed by atoms with Gasteiger partial charge < -0.3 is 0 Å². The van der Waals surface area contributed by atoms with E-state index in [9.17, 15) is 0 Å². The average molecular weight is 198 g/mol. The first-order valence-corrected chi connectivity index (χ1v) is 5.70. The highest BCUT2D eigenvalue weighted by molar-refractivity contribution is 5.59. The Morgan fingerprint density at radius 1 is 0.929 bits per heavy atom. The Kier molecular flexibility index (Phi) is 6.60. The molecule has 2 nitrogen and oxygen atoms in total. The van der Waals surface area contributed by atoms with Crippen LogP contribution in [-0.2, 0) is 0 Å². The van der Waals surface area contributed by atoms with Crippen LogP contribution in [0.25, 0.3) is 0 Å². The van der Waals surface area contributed by atoms with Crippen LogP contribution in [0.1, 0.15) is 41.5 Å². The predicted molar refractivity (Wildman–Crippen MR) is 64.6 cm³/mol. The summed E-state index contributed by atoms with van der Waals surface area (Å²) in [6.45, 7) is 15.4. The largest absolute Gasteiger partial charge is 0.297 e. The van der Waals surface area contributed by atoms with E-state index in [0.29, 0.717) is 17.8 Å². The van der Waals surface area contributed by atoms with Crippen molar-refractivity contribution in [2.24, 2.45) is 22.9 Å². The van der Waals surface area contributed by atoms with Crippen LogP contribution in [0, 0.1) is 17.8 Å². The van der Waals surface area contributed by atoms with Crippen LogP contribution in [-0.4, -0.2) is 24.3 Å². The van der Waals surface area contributed by atoms with Crippen molar-refractivity contribution in [2.45, 2.75) is 41.5 Å². The first-order chi connectivity index (χ1) is 6.41. The molecule has 0 aromatic rings. The third-order valence-corrected chi connectivity index (χ3v) is 1.68. The van der Waals surface area contributed by atoms with Gasteiger partial charge in [0.15, 0.2) is 0 Å². The molecule has 0 atom stereocenters. The predicted octanol–water partition coefficient (Wildman–Crippen LogP) is 3.24. The van der Waals surface area contributed by atoms with Gasteiger partial charge in [0.05, 0.1) is 0 Å². The molecule has 0 aliphatic heterocycles. The lowest BCUT2D eigenvalue weighted by Crippen LogP contribution is -2.27. The van der Waals surface area contributed by atoms with Gasteiger partial charge in [-0.15, -0.1) is 0 Å². The molecule has 14 heavy (non-hydrogen) atoms. The van der Waals surface area contributed by atoms with Crippen LogP contribution in [0.3, 0.4) is 0 Å². The van der Waals surface area contributed by atoms with E-state index in [-0.39, 0.29) is 0 Å². The monoisotopic (exact) mass is 198 g/mol. The van der Waals surface area contributed by atoms with Crippen LogP contribution in [0.2, 0.25) is 0 Å². The zero-order valence-corrected chi connectivity index (χ0v) is 10.6. The number of hydrogen-bond donors (Lipinski definition) is 0. The third kappa shape index (κ3) is 8.09. The fourth-order valence-corrected chi connectivity index (χ4v) is 1.24. The number of nitrogens with zero attached hydrogens (tertiary/aromatic N) is 2. The molecular weight excluding hydrogens is 172 g/mol. The van der Waals surface area contributed by atoms with E-state index < -0.39 is 0 Å². The van der Waals surface area contributed by atoms with E-state index in [2.05, 4.69) is 51.7 Å². The van der Waals surface area contributed by atoms with Gasteiger partial charge in [-0.2, -0.15) is 5.10 Å². The minimum absolute atomic E-state index is 0.539. The molecule has 0 aliphatic carbocycles. The van der Waals surface area contributed by atoms with Crippen molar-refractivity contribution in [1.29, 1.82) is 0 Å². The zero-order valence-electron chi connectivity index (χ0n) is 10.6. The number of hydrazone groups is 1. The van der Waals surface area contributed by atoms with Crippen LogP contribution < -0.4 is 0 Å². The van der Waals surface area contributed by atoms with Crippen molar-refractivity contribution in [1.82, 2.24) is 5.01 Å². The summed E-state index contributed by atoms with van der Waals surface area (Å²) >= 11 is 0. The van der Waals surface area contributed by atoms with Gasteiger partial charge in [0, 0.05) is 19.3 Å². The van der Waals surface area contributed by atoms with Gasteiger partial charge >= 0.3 is 0 Å². The van der Waals surface area contributed by atoms with Gasteiger partial charge in [0.2, 0.25) is 0 Å². The second kappa shape index (κ2) is 6.86. The van der Waals surface area contributed by atoms with E-state index in [4.69, 9.17) is 0 Å². The summed E-state index contributed by atoms with van der Waals surface area (Å²) in [5.41, 5.74) is 0. The van der Waals surface area contributed by atoms with Crippen LogP contribution in [0.5, 0.6) is 0 Å². The molecule has 0 N–H and O–H groups in total. The summed E-state index contributed by atoms with van der Waals surface area (Å²) in [4.78, 5) is 0. The minimum Gasteiger partial charge on any atom is -0.297 e. The maximum atomic E-state index is 4.51. The molecule has 0 fully saturated rings. The minimum atomic E-state index is 0.539. The molecule has 0 heterocycles. The summed E-state index contributed by atoms with van der Waals surface area (Å²) in [6.07, 6.45) is 2.03. The summed E-state index contributed by atoms with van der Waals surface area (Å²) < 4.78 is 0. The van der Waals surface area contributed by atoms with E-state index in [1.807, 2.05) is 6.21 Å². The molecule has 0 saturated heterocycles. The molecule has 0 aromatic heterocycles. The Morgan fingerprint density at radius 2 is 1.36 bits per heavy atom. The molecular formula is C12H26N2. The summed E-state index contributed by atoms with van der Waals surface area (Å²) in [5, 5.41) is 6.70. The highest BCUT2D eigenvalue weighted by Crippen LogP contribution is 2.04. The van der Waals surface area contributed by atoms with Crippen molar-refractivity contribution >= 4 is 6.21 Å². The van der Waals surface area contributed by atoms with Crippen molar-refractivity contribution in [3.05, 3.63) is 0 Å². The van der Waals surface area contributed by atoms with Crippen molar-refractivity contribution in [2.75, 3.05) is 13.1 Å². The van der Waals surface area contributed by atoms with Crippen molar-refractivity contribution < 1.29 is 0 Å². The topological polar surface area (TPSA) is 15.6 Å². The summed E-state index contributed by atoms with van der Waals surface area (Å²) in [7, 11) is 0. The zero-order chi connectivity index (χ0) is 11.1. The third-order valence-electron chi connectivity index (χ3n) is 1.68. The van der Waals surface area contributed by atoms with Crippen molar-refractivity contribution in [3.63, 3.8) is 0 Å². The molecule has 84 valence electrons. The Bertz CT molecular complexity index is 150. The first kappa shape index (κ1) is 13.5. The second-order valence-electron chi connectivity index (χ2n) is 5.17. The molecule has 0 unspecified atom stereocenters. The van der Waals surface area contributed by atoms with E-state index in [0.717, 1.165) is 13.1 Å². The molecule has 0 aliphatic rings. The van der Waals surface area contributed by atoms with Crippen LogP contribution in [0.4, 0.5) is 0 Å². The number of hydrogen-bond acceptors (Lipinski definition) is 2. The average Bonchev–Trinajstić information content (AvgIpc) is 1.97. The van der Waals surface area contributed by atoms with Crippen LogP contribution in [0.15, 0.2) is 5.10 Å². The molecule has 0 radical (unpaired) electrons. The molecule has 0 bridgehead atoms. The highest BCUT2D eigenvalue weighted by Gasteiger charge is 2.05. The lowest BCUT2D eigenvalue weighted by Gasteiger charge is -2.23. The summed E-state index contributed by atoms with van der Waals surface area (Å²) in [5.74, 6) is 1.90. The van der Waals surface area contributed by atoms with Gasteiger partial charge in [-0.25, -0.2) is 0 Å².